The van der Waals surface area contributed by atoms with E-state index in [-0.39, 0.29) is 31.0 Å². The maximum absolute atomic E-state index is 13.3. The number of benzene rings is 1. The zero-order chi connectivity index (χ0) is 26.6. The topological polar surface area (TPSA) is 130 Å². The molecule has 198 valence electrons. The summed E-state index contributed by atoms with van der Waals surface area (Å²) in [6.07, 6.45) is 3.46. The number of carbonyl (C=O) groups is 2. The van der Waals surface area contributed by atoms with E-state index in [1.807, 2.05) is 43.3 Å². The van der Waals surface area contributed by atoms with E-state index < -0.39 is 12.1 Å². The van der Waals surface area contributed by atoms with E-state index in [0.717, 1.165) is 29.5 Å². The van der Waals surface area contributed by atoms with Crippen molar-refractivity contribution in [3.05, 3.63) is 71.0 Å². The van der Waals surface area contributed by atoms with Gasteiger partial charge in [-0.15, -0.1) is 0 Å². The number of hydrogen-bond donors (Lipinski definition) is 3. The number of ether oxygens (including phenoxy) is 1. The molecule has 2 aliphatic rings. The van der Waals surface area contributed by atoms with E-state index in [4.69, 9.17) is 4.74 Å². The number of aliphatic hydroxyl groups is 1. The second-order valence-corrected chi connectivity index (χ2v) is 9.77. The van der Waals surface area contributed by atoms with Crippen molar-refractivity contribution >= 4 is 17.8 Å². The lowest BCUT2D eigenvalue weighted by Gasteiger charge is -2.26. The third kappa shape index (κ3) is 5.51. The Kier molecular flexibility index (Phi) is 7.62. The summed E-state index contributed by atoms with van der Waals surface area (Å²) in [6, 6.07) is 12.0. The monoisotopic (exact) mass is 516 g/mol. The number of carbonyl (C=O) groups excluding carboxylic acids is 2. The van der Waals surface area contributed by atoms with Crippen LogP contribution in [-0.2, 0) is 16.1 Å². The van der Waals surface area contributed by atoms with E-state index in [1.165, 1.54) is 4.90 Å². The fourth-order valence-corrected chi connectivity index (χ4v) is 4.80. The van der Waals surface area contributed by atoms with Crippen LogP contribution in [0.2, 0.25) is 0 Å². The number of pyridine rings is 1. The lowest BCUT2D eigenvalue weighted by Crippen LogP contribution is -2.46. The highest BCUT2D eigenvalue weighted by Crippen LogP contribution is 2.27. The molecule has 2 amide bonds. The summed E-state index contributed by atoms with van der Waals surface area (Å²) in [5.41, 5.74) is 4.09. The number of amides is 2. The molecule has 1 unspecified atom stereocenters. The smallest absolute Gasteiger partial charge is 0.273 e. The molecule has 0 spiro atoms. The number of aromatic nitrogens is 3. The number of aliphatic hydroxyl groups excluding tert-OH is 1. The fraction of sp³-hybridized carbons (Fsp3) is 0.393. The molecule has 1 fully saturated rings. The standard InChI is InChI=1S/C28H32N6O4/c1-17-4-3-5-19(14-17)24(16-35)32-26(36)18(2)34-15-20-6-7-22(31-25(20)27(34)37)23-8-11-29-28(33-23)30-21-9-12-38-13-10-21/h3-8,11,14,18,21,24,35H,9-10,12-13,15-16H2,1-2H3,(H,32,36)(H,29,30,33)/t18?,24-/m1/s1. The van der Waals surface area contributed by atoms with Crippen molar-refractivity contribution in [1.82, 2.24) is 25.2 Å². The SMILES string of the molecule is Cc1cccc([C@@H](CO)NC(=O)C(C)N2Cc3ccc(-c4ccnc(NC5CCOCC5)n4)nc3C2=O)c1. The zero-order valence-corrected chi connectivity index (χ0v) is 21.6. The molecule has 0 bridgehead atoms. The average molecular weight is 517 g/mol. The number of anilines is 1. The Bertz CT molecular complexity index is 1330. The van der Waals surface area contributed by atoms with Gasteiger partial charge < -0.3 is 25.4 Å². The van der Waals surface area contributed by atoms with Gasteiger partial charge in [0, 0.05) is 37.6 Å². The number of nitrogens with zero attached hydrogens (tertiary/aromatic N) is 4. The minimum absolute atomic E-state index is 0.245. The number of fused-ring (bicyclic) bond motifs is 1. The van der Waals surface area contributed by atoms with Crippen LogP contribution >= 0.6 is 0 Å². The van der Waals surface area contributed by atoms with E-state index in [1.54, 1.807) is 19.2 Å². The summed E-state index contributed by atoms with van der Waals surface area (Å²) in [5.74, 6) is -0.135. The van der Waals surface area contributed by atoms with Gasteiger partial charge in [-0.2, -0.15) is 0 Å². The zero-order valence-electron chi connectivity index (χ0n) is 21.6. The predicted octanol–water partition coefficient (Wildman–Crippen LogP) is 2.63. The first-order valence-electron chi connectivity index (χ1n) is 12.9. The molecule has 10 nitrogen and oxygen atoms in total. The molecule has 0 radical (unpaired) electrons. The number of hydrogen-bond acceptors (Lipinski definition) is 8. The highest BCUT2D eigenvalue weighted by atomic mass is 16.5. The molecule has 4 heterocycles. The normalized spacial score (nSPS) is 17.1. The largest absolute Gasteiger partial charge is 0.394 e. The van der Waals surface area contributed by atoms with Gasteiger partial charge in [0.2, 0.25) is 11.9 Å². The summed E-state index contributed by atoms with van der Waals surface area (Å²) in [5, 5.41) is 16.1. The van der Waals surface area contributed by atoms with Crippen molar-refractivity contribution in [3.63, 3.8) is 0 Å². The van der Waals surface area contributed by atoms with Crippen molar-refractivity contribution in [1.29, 1.82) is 0 Å². The lowest BCUT2D eigenvalue weighted by molar-refractivity contribution is -0.126. The first-order chi connectivity index (χ1) is 18.4. The molecule has 2 aromatic heterocycles. The van der Waals surface area contributed by atoms with Crippen LogP contribution in [0.1, 0.15) is 53.0 Å². The Hall–Kier alpha value is -3.89. The van der Waals surface area contributed by atoms with Crippen molar-refractivity contribution in [2.45, 2.75) is 51.4 Å². The van der Waals surface area contributed by atoms with Gasteiger partial charge in [-0.05, 0) is 44.4 Å². The molecule has 1 aromatic carbocycles. The molecular formula is C28H32N6O4. The predicted molar refractivity (Wildman–Crippen MR) is 141 cm³/mol. The van der Waals surface area contributed by atoms with E-state index in [0.29, 0.717) is 36.2 Å². The van der Waals surface area contributed by atoms with Gasteiger partial charge in [-0.1, -0.05) is 35.9 Å². The van der Waals surface area contributed by atoms with Gasteiger partial charge in [-0.3, -0.25) is 9.59 Å². The molecule has 5 rings (SSSR count). The fourth-order valence-electron chi connectivity index (χ4n) is 4.80. The molecule has 0 aliphatic carbocycles. The van der Waals surface area contributed by atoms with Gasteiger partial charge >= 0.3 is 0 Å². The van der Waals surface area contributed by atoms with Gasteiger partial charge in [-0.25, -0.2) is 15.0 Å². The molecule has 3 N–H and O–H groups in total. The summed E-state index contributed by atoms with van der Waals surface area (Å²) in [7, 11) is 0. The van der Waals surface area contributed by atoms with Crippen molar-refractivity contribution in [3.8, 4) is 11.4 Å². The van der Waals surface area contributed by atoms with Crippen LogP contribution in [0.5, 0.6) is 0 Å². The minimum Gasteiger partial charge on any atom is -0.394 e. The molecule has 2 atom stereocenters. The van der Waals surface area contributed by atoms with Crippen molar-refractivity contribution in [2.24, 2.45) is 0 Å². The van der Waals surface area contributed by atoms with Gasteiger partial charge in [0.1, 0.15) is 11.7 Å². The highest BCUT2D eigenvalue weighted by Gasteiger charge is 2.36. The lowest BCUT2D eigenvalue weighted by atomic mass is 10.0. The summed E-state index contributed by atoms with van der Waals surface area (Å²) < 4.78 is 5.41. The average Bonchev–Trinajstić information content (AvgIpc) is 3.27. The molecular weight excluding hydrogens is 484 g/mol. The Morgan fingerprint density at radius 1 is 1.16 bits per heavy atom. The van der Waals surface area contributed by atoms with E-state index >= 15 is 0 Å². The maximum Gasteiger partial charge on any atom is 0.273 e. The maximum atomic E-state index is 13.3. The van der Waals surface area contributed by atoms with Gasteiger partial charge in [0.25, 0.3) is 5.91 Å². The van der Waals surface area contributed by atoms with Crippen LogP contribution in [0.4, 0.5) is 5.95 Å². The third-order valence-electron chi connectivity index (χ3n) is 7.05. The first kappa shape index (κ1) is 25.7. The van der Waals surface area contributed by atoms with Crippen LogP contribution < -0.4 is 10.6 Å². The molecule has 2 aliphatic heterocycles. The second kappa shape index (κ2) is 11.2. The Labute approximate surface area is 221 Å². The first-order valence-corrected chi connectivity index (χ1v) is 12.9. The quantitative estimate of drug-likeness (QED) is 0.417. The highest BCUT2D eigenvalue weighted by molar-refractivity contribution is 6.00. The Balaban J connectivity index is 1.28. The summed E-state index contributed by atoms with van der Waals surface area (Å²) in [6.45, 7) is 5.10. The van der Waals surface area contributed by atoms with E-state index in [9.17, 15) is 14.7 Å². The molecule has 10 heteroatoms. The van der Waals surface area contributed by atoms with Crippen molar-refractivity contribution < 1.29 is 19.4 Å². The Morgan fingerprint density at radius 3 is 2.71 bits per heavy atom. The van der Waals surface area contributed by atoms with Crippen LogP contribution in [0.25, 0.3) is 11.4 Å². The van der Waals surface area contributed by atoms with Crippen LogP contribution in [0, 0.1) is 6.92 Å². The third-order valence-corrected chi connectivity index (χ3v) is 7.05. The van der Waals surface area contributed by atoms with E-state index in [2.05, 4.69) is 25.6 Å². The Morgan fingerprint density at radius 2 is 1.95 bits per heavy atom. The van der Waals surface area contributed by atoms with Crippen molar-refractivity contribution in [2.75, 3.05) is 25.1 Å². The molecule has 1 saturated heterocycles. The van der Waals surface area contributed by atoms with Crippen LogP contribution in [-0.4, -0.2) is 68.7 Å². The summed E-state index contributed by atoms with van der Waals surface area (Å²) >= 11 is 0. The number of rotatable bonds is 8. The molecule has 0 saturated carbocycles. The number of aryl methyl sites for hydroxylation is 1. The van der Waals surface area contributed by atoms with Gasteiger partial charge in [0.05, 0.1) is 24.0 Å². The molecule has 38 heavy (non-hydrogen) atoms. The van der Waals surface area contributed by atoms with Gasteiger partial charge in [0.15, 0.2) is 0 Å². The minimum atomic E-state index is -0.742. The number of nitrogens with one attached hydrogen (secondary N) is 2. The van der Waals surface area contributed by atoms with Crippen LogP contribution in [0.3, 0.4) is 0 Å². The summed E-state index contributed by atoms with van der Waals surface area (Å²) in [4.78, 5) is 41.4. The second-order valence-electron chi connectivity index (χ2n) is 9.77. The molecule has 3 aromatic rings. The van der Waals surface area contributed by atoms with Crippen LogP contribution in [0.15, 0.2) is 48.7 Å².